The SMILES string of the molecule is Nc1cc(Cl)nc(C(=O)[O-])c1Cl.[Na+]. The Morgan fingerprint density at radius 2 is 2.08 bits per heavy atom. The van der Waals surface area contributed by atoms with Gasteiger partial charge in [0.15, 0.2) is 0 Å². The van der Waals surface area contributed by atoms with Crippen molar-refractivity contribution in [1.82, 2.24) is 4.98 Å². The number of hydrogen-bond acceptors (Lipinski definition) is 4. The van der Waals surface area contributed by atoms with E-state index in [1.807, 2.05) is 0 Å². The molecule has 2 N–H and O–H groups in total. The van der Waals surface area contributed by atoms with Crippen LogP contribution in [0.2, 0.25) is 10.2 Å². The summed E-state index contributed by atoms with van der Waals surface area (Å²) in [4.78, 5) is 13.8. The van der Waals surface area contributed by atoms with Crippen molar-refractivity contribution in [3.05, 3.63) is 21.9 Å². The van der Waals surface area contributed by atoms with Crippen LogP contribution in [0, 0.1) is 0 Å². The summed E-state index contributed by atoms with van der Waals surface area (Å²) in [7, 11) is 0. The van der Waals surface area contributed by atoms with Gasteiger partial charge < -0.3 is 15.6 Å². The van der Waals surface area contributed by atoms with E-state index < -0.39 is 11.7 Å². The van der Waals surface area contributed by atoms with Gasteiger partial charge >= 0.3 is 29.6 Å². The zero-order valence-corrected chi connectivity index (χ0v) is 10.2. The maximum atomic E-state index is 10.4. The van der Waals surface area contributed by atoms with Crippen molar-refractivity contribution in [2.45, 2.75) is 0 Å². The summed E-state index contributed by atoms with van der Waals surface area (Å²) in [5, 5.41) is 10.2. The van der Waals surface area contributed by atoms with E-state index >= 15 is 0 Å². The van der Waals surface area contributed by atoms with E-state index in [9.17, 15) is 9.90 Å². The number of pyridine rings is 1. The Bertz CT molecular complexity index is 346. The van der Waals surface area contributed by atoms with Crippen LogP contribution in [-0.2, 0) is 0 Å². The van der Waals surface area contributed by atoms with Crippen LogP contribution in [-0.4, -0.2) is 11.0 Å². The number of anilines is 1. The largest absolute Gasteiger partial charge is 1.00 e. The zero-order valence-electron chi connectivity index (χ0n) is 6.67. The Balaban J connectivity index is 0.00000144. The van der Waals surface area contributed by atoms with Gasteiger partial charge in [-0.3, -0.25) is 0 Å². The monoisotopic (exact) mass is 228 g/mol. The van der Waals surface area contributed by atoms with Gasteiger partial charge in [-0.2, -0.15) is 0 Å². The van der Waals surface area contributed by atoms with Gasteiger partial charge in [0, 0.05) is 0 Å². The number of carbonyl (C=O) groups is 1. The Labute approximate surface area is 106 Å². The van der Waals surface area contributed by atoms with E-state index in [1.165, 1.54) is 6.07 Å². The summed E-state index contributed by atoms with van der Waals surface area (Å²) in [6.07, 6.45) is 0. The van der Waals surface area contributed by atoms with Gasteiger partial charge in [-0.25, -0.2) is 4.98 Å². The van der Waals surface area contributed by atoms with Crippen molar-refractivity contribution in [2.75, 3.05) is 5.73 Å². The summed E-state index contributed by atoms with van der Waals surface area (Å²) in [6, 6.07) is 1.26. The maximum Gasteiger partial charge on any atom is 1.00 e. The van der Waals surface area contributed by atoms with Gasteiger partial charge in [0.25, 0.3) is 0 Å². The number of carboxylic acids is 1. The third kappa shape index (κ3) is 3.00. The van der Waals surface area contributed by atoms with Crippen LogP contribution >= 0.6 is 23.2 Å². The first-order valence-corrected chi connectivity index (χ1v) is 3.61. The van der Waals surface area contributed by atoms with E-state index in [4.69, 9.17) is 28.9 Å². The molecule has 0 aliphatic rings. The Morgan fingerprint density at radius 3 is 2.54 bits per heavy atom. The molecule has 1 rings (SSSR count). The number of carboxylic acid groups (broad SMARTS) is 1. The molecule has 64 valence electrons. The molecule has 0 bridgehead atoms. The summed E-state index contributed by atoms with van der Waals surface area (Å²) < 4.78 is 0. The van der Waals surface area contributed by atoms with Crippen LogP contribution in [0.3, 0.4) is 0 Å². The van der Waals surface area contributed by atoms with Crippen LogP contribution in [0.15, 0.2) is 6.07 Å². The third-order valence-corrected chi connectivity index (χ3v) is 1.74. The molecular formula is C6H3Cl2N2NaO2. The van der Waals surface area contributed by atoms with Crippen LogP contribution in [0.1, 0.15) is 10.5 Å². The molecule has 1 aromatic heterocycles. The van der Waals surface area contributed by atoms with Crippen molar-refractivity contribution < 1.29 is 39.5 Å². The molecule has 0 fully saturated rings. The quantitative estimate of drug-likeness (QED) is 0.421. The fourth-order valence-corrected chi connectivity index (χ4v) is 1.03. The number of halogens is 2. The molecule has 1 aromatic rings. The van der Waals surface area contributed by atoms with Crippen molar-refractivity contribution in [1.29, 1.82) is 0 Å². The molecule has 0 saturated heterocycles. The molecule has 0 spiro atoms. The second kappa shape index (κ2) is 5.02. The van der Waals surface area contributed by atoms with Gasteiger partial charge in [0.05, 0.1) is 16.7 Å². The van der Waals surface area contributed by atoms with Gasteiger partial charge in [-0.1, -0.05) is 23.2 Å². The second-order valence-electron chi connectivity index (χ2n) is 1.98. The fraction of sp³-hybridized carbons (Fsp3) is 0. The molecule has 0 atom stereocenters. The van der Waals surface area contributed by atoms with Crippen molar-refractivity contribution in [2.24, 2.45) is 0 Å². The first-order valence-electron chi connectivity index (χ1n) is 2.85. The van der Waals surface area contributed by atoms with Crippen LogP contribution < -0.4 is 40.4 Å². The number of nitrogen functional groups attached to an aromatic ring is 1. The average molecular weight is 229 g/mol. The molecule has 0 aliphatic carbocycles. The van der Waals surface area contributed by atoms with E-state index in [1.54, 1.807) is 0 Å². The van der Waals surface area contributed by atoms with Crippen molar-refractivity contribution >= 4 is 34.9 Å². The number of hydrogen-bond donors (Lipinski definition) is 1. The summed E-state index contributed by atoms with van der Waals surface area (Å²) in [6.45, 7) is 0. The molecule has 7 heteroatoms. The second-order valence-corrected chi connectivity index (χ2v) is 2.75. The number of aromatic carboxylic acids is 1. The maximum absolute atomic E-state index is 10.4. The Morgan fingerprint density at radius 1 is 1.54 bits per heavy atom. The van der Waals surface area contributed by atoms with Crippen LogP contribution in [0.4, 0.5) is 5.69 Å². The molecule has 13 heavy (non-hydrogen) atoms. The van der Waals surface area contributed by atoms with Gasteiger partial charge in [0.2, 0.25) is 0 Å². The Hall–Kier alpha value is 0. The van der Waals surface area contributed by atoms with Crippen LogP contribution in [0.5, 0.6) is 0 Å². The van der Waals surface area contributed by atoms with Crippen LogP contribution in [0.25, 0.3) is 0 Å². The summed E-state index contributed by atoms with van der Waals surface area (Å²) in [5.74, 6) is -1.51. The van der Waals surface area contributed by atoms with Gasteiger partial charge in [-0.05, 0) is 6.07 Å². The van der Waals surface area contributed by atoms with Crippen molar-refractivity contribution in [3.63, 3.8) is 0 Å². The molecule has 0 saturated carbocycles. The number of nitrogens with two attached hydrogens (primary N) is 1. The minimum absolute atomic E-state index is 0. The number of rotatable bonds is 1. The predicted molar refractivity (Wildman–Crippen MR) is 43.0 cm³/mol. The Kier molecular flexibility index (Phi) is 5.02. The van der Waals surface area contributed by atoms with E-state index in [-0.39, 0.29) is 45.4 Å². The molecule has 0 radical (unpaired) electrons. The smallest absolute Gasteiger partial charge is 0.543 e. The zero-order chi connectivity index (χ0) is 9.30. The summed E-state index contributed by atoms with van der Waals surface area (Å²) >= 11 is 10.9. The number of carbonyl (C=O) groups excluding carboxylic acids is 1. The number of aromatic nitrogens is 1. The van der Waals surface area contributed by atoms with E-state index in [0.717, 1.165) is 0 Å². The minimum atomic E-state index is -1.51. The standard InChI is InChI=1S/C6H4Cl2N2O2.Na/c7-3-1-2(9)4(8)5(10-3)6(11)12;/h1H,(H2,9,10)(H,11,12);/q;+1/p-1. The third-order valence-electron chi connectivity index (χ3n) is 1.15. The summed E-state index contributed by atoms with van der Waals surface area (Å²) in [5.41, 5.74) is 4.93. The normalized spacial score (nSPS) is 9.08. The molecule has 1 heterocycles. The van der Waals surface area contributed by atoms with Gasteiger partial charge in [0.1, 0.15) is 10.8 Å². The van der Waals surface area contributed by atoms with E-state index in [2.05, 4.69) is 4.98 Å². The molecule has 0 aromatic carbocycles. The van der Waals surface area contributed by atoms with Gasteiger partial charge in [-0.15, -0.1) is 0 Å². The van der Waals surface area contributed by atoms with Crippen molar-refractivity contribution in [3.8, 4) is 0 Å². The molecule has 0 aliphatic heterocycles. The number of nitrogens with zero attached hydrogens (tertiary/aromatic N) is 1. The molecule has 0 amide bonds. The average Bonchev–Trinajstić information content (AvgIpc) is 1.96. The predicted octanol–water partition coefficient (Wildman–Crippen LogP) is -2.66. The van der Waals surface area contributed by atoms with E-state index in [0.29, 0.717) is 0 Å². The first-order chi connectivity index (χ1) is 5.52. The topological polar surface area (TPSA) is 79.0 Å². The molecule has 0 unspecified atom stereocenters. The molecule has 4 nitrogen and oxygen atoms in total. The fourth-order valence-electron chi connectivity index (χ4n) is 0.652. The molecular weight excluding hydrogens is 226 g/mol. The first kappa shape index (κ1) is 13.0. The minimum Gasteiger partial charge on any atom is -0.543 e.